The molecule has 10 heterocycles. The van der Waals surface area contributed by atoms with Crippen LogP contribution in [0.25, 0.3) is 67.8 Å². The third kappa shape index (κ3) is 15.0. The molecule has 0 aliphatic heterocycles. The number of sulfonamides is 1. The molecular weight excluding hydrogens is 1960 g/mol. The molecule has 8 bridgehead atoms. The van der Waals surface area contributed by atoms with Gasteiger partial charge in [-0.1, -0.05) is 89.5 Å². The Bertz CT molecular complexity index is 7480. The molecule has 4 fully saturated rings. The Morgan fingerprint density at radius 2 is 0.659 bits per heavy atom. The number of anilines is 1. The average Bonchev–Trinajstić information content (AvgIpc) is 1.53. The van der Waals surface area contributed by atoms with E-state index in [4.69, 9.17) is 26.6 Å². The molecule has 0 amide bonds. The number of aromatic nitrogens is 16. The number of alkyl halides is 3. The van der Waals surface area contributed by atoms with Gasteiger partial charge in [0.1, 0.15) is 51.4 Å². The molecule has 22 nitrogen and oxygen atoms in total. The summed E-state index contributed by atoms with van der Waals surface area (Å²) in [4.78, 5) is 43.4. The number of benzene rings is 4. The zero-order valence-corrected chi connectivity index (χ0v) is 81.7. The number of fused-ring (bicyclic) bond motifs is 20. The predicted molar refractivity (Wildman–Crippen MR) is 497 cm³/mol. The second-order valence-electron chi connectivity index (χ2n) is 39.6. The van der Waals surface area contributed by atoms with Crippen molar-refractivity contribution in [1.82, 2.24) is 80.7 Å². The third-order valence-corrected chi connectivity index (χ3v) is 37.4. The van der Waals surface area contributed by atoms with E-state index >= 15 is 0 Å². The van der Waals surface area contributed by atoms with Crippen molar-refractivity contribution in [3.05, 3.63) is 314 Å². The van der Waals surface area contributed by atoms with Gasteiger partial charge in [0, 0.05) is 6.07 Å². The van der Waals surface area contributed by atoms with Crippen molar-refractivity contribution in [3.63, 3.8) is 0 Å². The van der Waals surface area contributed by atoms with E-state index in [1.54, 1.807) is 24.4 Å². The molecule has 1 N–H and O–H groups in total. The summed E-state index contributed by atoms with van der Waals surface area (Å²) >= 11 is 3.54. The summed E-state index contributed by atoms with van der Waals surface area (Å²) in [7, 11) is -9.37. The number of hydrogen-bond donors (Lipinski definition) is 1. The number of nitrogens with one attached hydrogen (secondary N) is 1. The van der Waals surface area contributed by atoms with Crippen LogP contribution in [0.15, 0.2) is 195 Å². The zero-order chi connectivity index (χ0) is 98.1. The normalized spacial score (nSPS) is 22.4. The van der Waals surface area contributed by atoms with Gasteiger partial charge in [-0.25, -0.2) is 59.7 Å². The van der Waals surface area contributed by atoms with Crippen LogP contribution in [0.2, 0.25) is 20.0 Å². The second kappa shape index (κ2) is 33.8. The van der Waals surface area contributed by atoms with E-state index in [1.807, 2.05) is 62.4 Å². The Morgan fingerprint density at radius 1 is 0.362 bits per heavy atom. The van der Waals surface area contributed by atoms with Crippen LogP contribution in [-0.4, -0.2) is 128 Å². The molecule has 0 unspecified atom stereocenters. The standard InChI is InChI=1S/C27H24F2N6O2S.C26H20ClF2N5.C23H18F5N3O3S.C22H18F2N3.3CH3.Sn/c1-26(2)16-10-11-27(26,25-15(16)12-20(33-34-25)24-17(28)6-4-7-18(24)29)22-9-5-8-19(32-22)21-13-31-23(14-30-21)35-38(3,36)37;1-25(2)15-9-10-26(25,21-8-4-7-18(32-21)20-12-31-22(27)13-30-20)24-14(15)11-19(33-34-24)23-16(28)5-3-6-17(23)29;1-21(2)13-9-10-22(21,17-7-4-8-18(29-17)34-35(32,33)23(26,27)28)20-12(13)11-16(30-31-20)19-14(24)5-3-6-15(19)25;1-21(2)14-9-10-22(21,18-8-3-4-11-25-18)20-13(14)12-17(26-27-20)19-15(23)6-5-7-16(19)24;;;;/h4-9,12-14,16H,10-11H2,1-3H3,(H,31,35);3-8,11-13,15H,9-10H2,1-2H3;3-8,11,13H,9-10H2,1-2H3;3-8,12,14H,9-10H2,1-2H3;3*1H3;/t16-,27-;15-,26-;13-,22-;14-,22-;;;;/m0000..../s1. The fraction of sp³-hybridized carbons (Fsp3) is 0.327. The Hall–Kier alpha value is -12.2. The van der Waals surface area contributed by atoms with Gasteiger partial charge in [-0.3, -0.25) is 14.7 Å². The van der Waals surface area contributed by atoms with E-state index in [-0.39, 0.29) is 102 Å². The number of rotatable bonds is 15. The van der Waals surface area contributed by atoms with Crippen LogP contribution in [0.4, 0.5) is 54.1 Å². The number of halogens is 12. The van der Waals surface area contributed by atoms with Gasteiger partial charge < -0.3 is 4.18 Å². The topological polar surface area (TPSA) is 296 Å². The summed E-state index contributed by atoms with van der Waals surface area (Å²) in [6.07, 6.45) is 13.6. The molecule has 4 saturated carbocycles. The Balaban J connectivity index is 0.000000118. The van der Waals surface area contributed by atoms with Gasteiger partial charge in [0.05, 0.1) is 127 Å². The number of hydrogen-bond acceptors (Lipinski definition) is 21. The molecule has 138 heavy (non-hydrogen) atoms. The quantitative estimate of drug-likeness (QED) is 0.0431. The zero-order valence-electron chi connectivity index (χ0n) is 76.5. The van der Waals surface area contributed by atoms with Crippen molar-refractivity contribution >= 4 is 59.6 Å². The smallest absolute Gasteiger partial charge is 0.355 e. The minimum Gasteiger partial charge on any atom is -0.355 e. The van der Waals surface area contributed by atoms with E-state index in [0.717, 1.165) is 114 Å². The van der Waals surface area contributed by atoms with Gasteiger partial charge in [-0.2, -0.15) is 36.9 Å². The van der Waals surface area contributed by atoms with Crippen molar-refractivity contribution in [1.29, 1.82) is 0 Å². The molecule has 8 aliphatic carbocycles. The molecule has 37 heteroatoms. The van der Waals surface area contributed by atoms with Gasteiger partial charge in [-0.05, 0) is 174 Å². The summed E-state index contributed by atoms with van der Waals surface area (Å²) in [6, 6.07) is 43.9. The van der Waals surface area contributed by atoms with E-state index in [0.29, 0.717) is 52.0 Å². The first-order valence-corrected chi connectivity index (χ1v) is 58.4. The molecule has 4 aromatic carbocycles. The molecule has 8 atom stereocenters. The first-order chi connectivity index (χ1) is 65.2. The van der Waals surface area contributed by atoms with Crippen molar-refractivity contribution in [2.24, 2.45) is 21.7 Å². The van der Waals surface area contributed by atoms with Gasteiger partial charge in [-0.15, -0.1) is 15.3 Å². The van der Waals surface area contributed by atoms with Crippen LogP contribution in [0.5, 0.6) is 5.88 Å². The van der Waals surface area contributed by atoms with Gasteiger partial charge in [0.2, 0.25) is 15.9 Å². The van der Waals surface area contributed by atoms with Crippen molar-refractivity contribution in [2.45, 2.75) is 172 Å². The summed E-state index contributed by atoms with van der Waals surface area (Å²) in [5.41, 5.74) is 3.11. The molecule has 0 spiro atoms. The first-order valence-electron chi connectivity index (χ1n) is 44.7. The maximum absolute atomic E-state index is 14.5. The van der Waals surface area contributed by atoms with Crippen LogP contribution < -0.4 is 12.6 Å². The minimum atomic E-state index is -5.90. The first kappa shape index (κ1) is 94.7. The van der Waals surface area contributed by atoms with Crippen molar-refractivity contribution in [3.8, 4) is 73.7 Å². The van der Waals surface area contributed by atoms with Gasteiger partial charge in [0.25, 0.3) is 0 Å². The molecule has 22 rings (SSSR count). The summed E-state index contributed by atoms with van der Waals surface area (Å²) < 4.78 is 208. The fourth-order valence-corrected chi connectivity index (χ4v) is 27.8. The van der Waals surface area contributed by atoms with Crippen LogP contribution >= 0.6 is 11.6 Å². The van der Waals surface area contributed by atoms with Gasteiger partial charge >= 0.3 is 202 Å². The molecule has 14 aromatic rings. The van der Waals surface area contributed by atoms with Crippen LogP contribution in [0, 0.1) is 68.2 Å². The van der Waals surface area contributed by atoms with Crippen LogP contribution in [-0.2, 0) is 41.8 Å². The molecule has 0 radical (unpaired) electrons. The number of pyridine rings is 4. The molecule has 10 aromatic heterocycles. The summed E-state index contributed by atoms with van der Waals surface area (Å²) in [6.45, 7) is 17.2. The van der Waals surface area contributed by atoms with Gasteiger partial charge in [0.15, 0.2) is 5.82 Å². The number of nitrogens with zero attached hydrogens (tertiary/aromatic N) is 16. The van der Waals surface area contributed by atoms with Crippen LogP contribution in [0.1, 0.15) is 198 Å². The second-order valence-corrected chi connectivity index (χ2v) is 57.6. The Labute approximate surface area is 797 Å². The minimum absolute atomic E-state index is 0.0270. The maximum atomic E-state index is 14.5. The van der Waals surface area contributed by atoms with E-state index in [2.05, 4.69) is 149 Å². The molecule has 708 valence electrons. The summed E-state index contributed by atoms with van der Waals surface area (Å²) in [5.74, 6) is -5.60. The molecule has 8 aliphatic rings. The van der Waals surface area contributed by atoms with Crippen molar-refractivity contribution < 1.29 is 69.3 Å². The van der Waals surface area contributed by atoms with E-state index in [1.165, 1.54) is 89.0 Å². The predicted octanol–water partition coefficient (Wildman–Crippen LogP) is 21.8. The summed E-state index contributed by atoms with van der Waals surface area (Å²) in [5, 5.41) is 35.4. The monoisotopic (exact) mass is 2050 g/mol. The van der Waals surface area contributed by atoms with E-state index in [9.17, 15) is 65.1 Å². The maximum Gasteiger partial charge on any atom is 0.534 e. The Kier molecular flexibility index (Phi) is 23.2. The fourth-order valence-electron chi connectivity index (χ4n) is 23.8. The molecule has 0 saturated heterocycles. The third-order valence-electron chi connectivity index (χ3n) is 30.5. The Morgan fingerprint density at radius 3 is 0.957 bits per heavy atom. The van der Waals surface area contributed by atoms with E-state index < -0.39 is 118 Å². The van der Waals surface area contributed by atoms with Crippen LogP contribution in [0.3, 0.4) is 0 Å². The average molecular weight is 2050 g/mol. The molecular formula is C101H89ClF11N17O5S2Sn. The largest absolute Gasteiger partial charge is 0.534 e. The van der Waals surface area contributed by atoms with Crippen molar-refractivity contribution in [2.75, 3.05) is 11.0 Å². The SMILES string of the molecule is CC1(C)[C@H]2CC[C@]1(c1ccc[c]([Sn]([CH3])([CH3])[CH3])n1)c1nnc(-c3c(F)cccc3F)cc12.CC1(C)[C@H]2CC[C@]1(c1cccc(-c3cnc(Cl)cn3)n1)c1nnc(-c3c(F)cccc3F)cc12.CC1(C)[C@H]2CC[C@]1(c1cccc(-c3cnc(NS(C)(=O)=O)cn3)n1)c1nnc(-c3c(F)cccc3F)cc12.CC1(C)[C@H]2CC[C@]1(c1cccc(OS(=O)(=O)C(F)(F)F)n1)c1nnc(-c3c(F)cccc3F)cc12.